The van der Waals surface area contributed by atoms with Crippen LogP contribution in [0, 0.1) is 34.5 Å². The van der Waals surface area contributed by atoms with E-state index in [-0.39, 0.29) is 34.9 Å². The third-order valence-electron chi connectivity index (χ3n) is 12.5. The lowest BCUT2D eigenvalue weighted by Gasteiger charge is -2.63. The van der Waals surface area contributed by atoms with Crippen molar-refractivity contribution in [2.24, 2.45) is 34.5 Å². The highest BCUT2D eigenvalue weighted by Crippen LogP contribution is 2.70. The lowest BCUT2D eigenvalue weighted by Crippen LogP contribution is -2.62. The minimum absolute atomic E-state index is 0.0462. The molecule has 0 aromatic heterocycles. The summed E-state index contributed by atoms with van der Waals surface area (Å²) in [6, 6.07) is -0.262. The first kappa shape index (κ1) is 25.0. The summed E-state index contributed by atoms with van der Waals surface area (Å²) in [5, 5.41) is 36.4. The van der Waals surface area contributed by atoms with E-state index in [4.69, 9.17) is 14.2 Å². The number of nitrogens with one attached hydrogen (secondary N) is 1. The topological polar surface area (TPSA) is 117 Å². The van der Waals surface area contributed by atoms with Gasteiger partial charge in [-0.2, -0.15) is 0 Å². The number of aliphatic hydroxyl groups is 3. The van der Waals surface area contributed by atoms with Gasteiger partial charge in [0.25, 0.3) is 0 Å². The van der Waals surface area contributed by atoms with E-state index in [2.05, 4.69) is 19.2 Å². The molecule has 3 heterocycles. The molecule has 8 nitrogen and oxygen atoms in total. The van der Waals surface area contributed by atoms with Gasteiger partial charge in [0, 0.05) is 18.0 Å². The fraction of sp³-hybridized carbons (Fsp3) is 0.897. The molecule has 2 unspecified atom stereocenters. The predicted molar refractivity (Wildman–Crippen MR) is 133 cm³/mol. The van der Waals surface area contributed by atoms with Crippen molar-refractivity contribution in [3.05, 3.63) is 11.6 Å². The van der Waals surface area contributed by atoms with Gasteiger partial charge < -0.3 is 34.8 Å². The molecule has 8 heteroatoms. The molecule has 0 aromatic carbocycles. The molecule has 6 fully saturated rings. The smallest absolute Gasteiger partial charge is 0.331 e. The molecule has 0 amide bonds. The lowest BCUT2D eigenvalue weighted by atomic mass is 9.43. The average Bonchev–Trinajstić information content (AvgIpc) is 3.60. The molecule has 206 valence electrons. The van der Waals surface area contributed by atoms with Crippen molar-refractivity contribution in [3.63, 3.8) is 0 Å². The van der Waals surface area contributed by atoms with E-state index in [0.717, 1.165) is 63.4 Å². The molecule has 0 spiro atoms. The van der Waals surface area contributed by atoms with Gasteiger partial charge in [0.05, 0.1) is 23.9 Å². The van der Waals surface area contributed by atoms with Gasteiger partial charge >= 0.3 is 5.97 Å². The molecule has 0 radical (unpaired) electrons. The van der Waals surface area contributed by atoms with Crippen molar-refractivity contribution in [3.8, 4) is 0 Å². The zero-order valence-corrected chi connectivity index (χ0v) is 22.1. The van der Waals surface area contributed by atoms with Gasteiger partial charge in [0.15, 0.2) is 6.29 Å². The fourth-order valence-electron chi connectivity index (χ4n) is 10.4. The Hall–Kier alpha value is -1.03. The molecule has 4 N–H and O–H groups in total. The van der Waals surface area contributed by atoms with Gasteiger partial charge in [0.1, 0.15) is 18.8 Å². The number of hydrogen-bond donors (Lipinski definition) is 4. The number of cyclic esters (lactones) is 1. The van der Waals surface area contributed by atoms with Gasteiger partial charge in [-0.1, -0.05) is 13.8 Å². The largest absolute Gasteiger partial charge is 0.458 e. The standard InChI is InChI=1S/C29H43NO7/c1-27-8-5-17(36-26-24(33)23-25(37-26)21(31)13-30-23)12-16(27)3-4-20-19(27)6-9-28(2)18(7-10-29(20,28)34)15-11-22(32)35-14-15/h11,16-21,23-26,30-31,33-34H,3-10,12-14H2,1-2H3/t16?,17?,18-,19+,20-,21-,23-,24-,25-,26-,27+,28-,29-/m1/s1. The minimum Gasteiger partial charge on any atom is -0.458 e. The van der Waals surface area contributed by atoms with E-state index in [0.29, 0.717) is 30.9 Å². The van der Waals surface area contributed by atoms with E-state index in [1.54, 1.807) is 6.08 Å². The van der Waals surface area contributed by atoms with Crippen LogP contribution in [0.3, 0.4) is 0 Å². The number of aliphatic hydroxyl groups excluding tert-OH is 2. The molecule has 0 aromatic rings. The normalized spacial score (nSPS) is 56.8. The fourth-order valence-corrected chi connectivity index (χ4v) is 10.4. The summed E-state index contributed by atoms with van der Waals surface area (Å²) in [7, 11) is 0. The van der Waals surface area contributed by atoms with Crippen LogP contribution in [0.4, 0.5) is 0 Å². The molecule has 2 saturated heterocycles. The number of hydrogen-bond acceptors (Lipinski definition) is 8. The van der Waals surface area contributed by atoms with Crippen molar-refractivity contribution in [1.82, 2.24) is 5.32 Å². The number of carbonyl (C=O) groups excluding carboxylic acids is 1. The minimum atomic E-state index is -0.762. The maximum atomic E-state index is 12.4. The zero-order chi connectivity index (χ0) is 25.7. The van der Waals surface area contributed by atoms with E-state index in [1.165, 1.54) is 0 Å². The van der Waals surface area contributed by atoms with Crippen LogP contribution < -0.4 is 5.32 Å². The Labute approximate surface area is 219 Å². The van der Waals surface area contributed by atoms with Crippen molar-refractivity contribution >= 4 is 5.97 Å². The molecule has 13 atom stereocenters. The summed E-state index contributed by atoms with van der Waals surface area (Å²) in [5.74, 6) is 1.31. The van der Waals surface area contributed by atoms with Crippen LogP contribution in [0.2, 0.25) is 0 Å². The van der Waals surface area contributed by atoms with Gasteiger partial charge in [-0.25, -0.2) is 4.79 Å². The average molecular weight is 518 g/mol. The molecular weight excluding hydrogens is 474 g/mol. The second kappa shape index (κ2) is 8.48. The van der Waals surface area contributed by atoms with Gasteiger partial charge in [-0.15, -0.1) is 0 Å². The number of rotatable bonds is 3. The van der Waals surface area contributed by atoms with E-state index < -0.39 is 30.2 Å². The van der Waals surface area contributed by atoms with Crippen LogP contribution in [0.25, 0.3) is 0 Å². The summed E-state index contributed by atoms with van der Waals surface area (Å²) >= 11 is 0. The molecule has 4 saturated carbocycles. The van der Waals surface area contributed by atoms with Crippen LogP contribution in [-0.4, -0.2) is 76.8 Å². The monoisotopic (exact) mass is 517 g/mol. The van der Waals surface area contributed by atoms with Crippen molar-refractivity contribution in [2.75, 3.05) is 13.2 Å². The Kier molecular flexibility index (Phi) is 5.73. The third-order valence-corrected chi connectivity index (χ3v) is 12.5. The van der Waals surface area contributed by atoms with E-state index >= 15 is 0 Å². The van der Waals surface area contributed by atoms with Crippen LogP contribution in [-0.2, 0) is 19.0 Å². The lowest BCUT2D eigenvalue weighted by molar-refractivity contribution is -0.233. The number of ether oxygens (including phenoxy) is 3. The Bertz CT molecular complexity index is 987. The highest BCUT2D eigenvalue weighted by Gasteiger charge is 2.67. The summed E-state index contributed by atoms with van der Waals surface area (Å²) in [6.07, 6.45) is 8.21. The Morgan fingerprint density at radius 2 is 1.89 bits per heavy atom. The van der Waals surface area contributed by atoms with Crippen LogP contribution in [0.5, 0.6) is 0 Å². The number of fused-ring (bicyclic) bond motifs is 6. The molecule has 7 aliphatic rings. The van der Waals surface area contributed by atoms with E-state index in [9.17, 15) is 20.1 Å². The van der Waals surface area contributed by atoms with Crippen molar-refractivity contribution in [2.45, 2.75) is 114 Å². The molecular formula is C29H43NO7. The highest BCUT2D eigenvalue weighted by atomic mass is 16.7. The van der Waals surface area contributed by atoms with Crippen LogP contribution in [0.1, 0.15) is 71.6 Å². The Morgan fingerprint density at radius 1 is 1.05 bits per heavy atom. The first-order chi connectivity index (χ1) is 17.6. The van der Waals surface area contributed by atoms with E-state index in [1.807, 2.05) is 0 Å². The summed E-state index contributed by atoms with van der Waals surface area (Å²) in [5.41, 5.74) is 0.362. The first-order valence-corrected chi connectivity index (χ1v) is 14.6. The number of carbonyl (C=O) groups is 1. The number of esters is 1. The molecule has 3 aliphatic heterocycles. The first-order valence-electron chi connectivity index (χ1n) is 14.6. The zero-order valence-electron chi connectivity index (χ0n) is 22.1. The van der Waals surface area contributed by atoms with Gasteiger partial charge in [0.2, 0.25) is 0 Å². The van der Waals surface area contributed by atoms with Crippen LogP contribution in [0.15, 0.2) is 11.6 Å². The Balaban J connectivity index is 1.05. The molecule has 4 aliphatic carbocycles. The van der Waals surface area contributed by atoms with Crippen molar-refractivity contribution < 1.29 is 34.3 Å². The maximum absolute atomic E-state index is 12.4. The quantitative estimate of drug-likeness (QED) is 0.420. The predicted octanol–water partition coefficient (Wildman–Crippen LogP) is 2.05. The Morgan fingerprint density at radius 3 is 2.65 bits per heavy atom. The van der Waals surface area contributed by atoms with Crippen molar-refractivity contribution in [1.29, 1.82) is 0 Å². The maximum Gasteiger partial charge on any atom is 0.331 e. The van der Waals surface area contributed by atoms with Gasteiger partial charge in [-0.3, -0.25) is 0 Å². The molecule has 7 rings (SSSR count). The summed E-state index contributed by atoms with van der Waals surface area (Å²) < 4.78 is 17.5. The SMILES string of the molecule is C[C@]12CCC(O[C@@H]3O[C@H]4[C@H](NC[C@H]4O)[C@H]3O)CC1CC[C@@H]1[C@@H]2CC[C@]2(C)[C@@H](C3=CC(=O)OC3)CC[C@@]12O. The summed E-state index contributed by atoms with van der Waals surface area (Å²) in [4.78, 5) is 11.8. The third kappa shape index (κ3) is 3.45. The van der Waals surface area contributed by atoms with Crippen LogP contribution >= 0.6 is 0 Å². The molecule has 0 bridgehead atoms. The second-order valence-electron chi connectivity index (χ2n) is 13.8. The highest BCUT2D eigenvalue weighted by molar-refractivity contribution is 5.85. The van der Waals surface area contributed by atoms with Gasteiger partial charge in [-0.05, 0) is 92.4 Å². The molecule has 37 heavy (non-hydrogen) atoms. The second-order valence-corrected chi connectivity index (χ2v) is 13.8. The number of β-amino-alcohol motifs (C(OH)–C–C–N with tert-alkyl or cyclic N) is 1. The summed E-state index contributed by atoms with van der Waals surface area (Å²) in [6.45, 7) is 5.57.